The Morgan fingerprint density at radius 3 is 2.67 bits per heavy atom. The lowest BCUT2D eigenvalue weighted by Crippen LogP contribution is -2.48. The SMILES string of the molecule is CC(C)(C)NCC(O)C1COc2ccccc2O1. The molecule has 0 aromatic heterocycles. The van der Waals surface area contributed by atoms with Gasteiger partial charge in [0.1, 0.15) is 12.7 Å². The van der Waals surface area contributed by atoms with Crippen molar-refractivity contribution in [1.82, 2.24) is 5.32 Å². The largest absolute Gasteiger partial charge is 0.486 e. The van der Waals surface area contributed by atoms with Crippen molar-refractivity contribution >= 4 is 0 Å². The zero-order valence-corrected chi connectivity index (χ0v) is 11.1. The van der Waals surface area contributed by atoms with E-state index in [9.17, 15) is 5.11 Å². The minimum absolute atomic E-state index is 0.0194. The third-order valence-electron chi connectivity index (χ3n) is 2.80. The van der Waals surface area contributed by atoms with Crippen molar-refractivity contribution in [2.75, 3.05) is 13.2 Å². The van der Waals surface area contributed by atoms with Crippen LogP contribution in [0, 0.1) is 0 Å². The second-order valence-electron chi connectivity index (χ2n) is 5.61. The van der Waals surface area contributed by atoms with E-state index in [0.717, 1.165) is 5.75 Å². The highest BCUT2D eigenvalue weighted by Crippen LogP contribution is 2.31. The van der Waals surface area contributed by atoms with Crippen molar-refractivity contribution in [2.24, 2.45) is 0 Å². The fourth-order valence-electron chi connectivity index (χ4n) is 1.77. The zero-order chi connectivity index (χ0) is 13.2. The molecule has 0 saturated carbocycles. The molecule has 2 unspecified atom stereocenters. The minimum atomic E-state index is -0.586. The van der Waals surface area contributed by atoms with E-state index >= 15 is 0 Å². The summed E-state index contributed by atoms with van der Waals surface area (Å²) < 4.78 is 11.3. The highest BCUT2D eigenvalue weighted by atomic mass is 16.6. The molecule has 100 valence electrons. The monoisotopic (exact) mass is 251 g/mol. The Kier molecular flexibility index (Phi) is 3.78. The molecule has 1 heterocycles. The van der Waals surface area contributed by atoms with Gasteiger partial charge in [0.2, 0.25) is 0 Å². The summed E-state index contributed by atoms with van der Waals surface area (Å²) in [5.74, 6) is 1.44. The fourth-order valence-corrected chi connectivity index (χ4v) is 1.77. The Hall–Kier alpha value is -1.26. The van der Waals surface area contributed by atoms with Gasteiger partial charge in [0, 0.05) is 12.1 Å². The quantitative estimate of drug-likeness (QED) is 0.856. The number of ether oxygens (including phenoxy) is 2. The maximum Gasteiger partial charge on any atom is 0.161 e. The molecule has 0 radical (unpaired) electrons. The zero-order valence-electron chi connectivity index (χ0n) is 11.1. The van der Waals surface area contributed by atoms with Gasteiger partial charge in [0.15, 0.2) is 17.6 Å². The standard InChI is InChI=1S/C14H21NO3/c1-14(2,3)15-8-10(16)13-9-17-11-6-4-5-7-12(11)18-13/h4-7,10,13,15-16H,8-9H2,1-3H3. The summed E-state index contributed by atoms with van der Waals surface area (Å²) in [5, 5.41) is 13.4. The summed E-state index contributed by atoms with van der Waals surface area (Å²) in [7, 11) is 0. The van der Waals surface area contributed by atoms with Crippen molar-refractivity contribution in [2.45, 2.75) is 38.5 Å². The van der Waals surface area contributed by atoms with E-state index in [4.69, 9.17) is 9.47 Å². The highest BCUT2D eigenvalue weighted by Gasteiger charge is 2.28. The molecule has 0 fully saturated rings. The number of hydrogen-bond acceptors (Lipinski definition) is 4. The Labute approximate surface area is 108 Å². The predicted octanol–water partition coefficient (Wildman–Crippen LogP) is 1.58. The number of aliphatic hydroxyl groups is 1. The molecule has 2 N–H and O–H groups in total. The van der Waals surface area contributed by atoms with Crippen LogP contribution in [-0.2, 0) is 0 Å². The van der Waals surface area contributed by atoms with Gasteiger partial charge in [-0.2, -0.15) is 0 Å². The van der Waals surface area contributed by atoms with Crippen LogP contribution in [0.5, 0.6) is 11.5 Å². The fraction of sp³-hybridized carbons (Fsp3) is 0.571. The van der Waals surface area contributed by atoms with Crippen LogP contribution in [0.1, 0.15) is 20.8 Å². The summed E-state index contributed by atoms with van der Waals surface area (Å²) in [6.07, 6.45) is -0.910. The van der Waals surface area contributed by atoms with Crippen molar-refractivity contribution in [3.8, 4) is 11.5 Å². The summed E-state index contributed by atoms with van der Waals surface area (Å²) in [5.41, 5.74) is -0.0194. The highest BCUT2D eigenvalue weighted by molar-refractivity contribution is 5.40. The van der Waals surface area contributed by atoms with Gasteiger partial charge < -0.3 is 19.9 Å². The van der Waals surface area contributed by atoms with Crippen LogP contribution in [0.15, 0.2) is 24.3 Å². The second-order valence-corrected chi connectivity index (χ2v) is 5.61. The first kappa shape index (κ1) is 13.2. The number of benzene rings is 1. The van der Waals surface area contributed by atoms with Crippen LogP contribution in [-0.4, -0.2) is 36.0 Å². The van der Waals surface area contributed by atoms with E-state index in [0.29, 0.717) is 18.9 Å². The van der Waals surface area contributed by atoms with E-state index in [1.807, 2.05) is 24.3 Å². The normalized spacial score (nSPS) is 20.6. The first-order valence-electron chi connectivity index (χ1n) is 6.27. The summed E-state index contributed by atoms with van der Waals surface area (Å²) >= 11 is 0. The molecule has 0 aliphatic carbocycles. The van der Waals surface area contributed by atoms with Crippen LogP contribution < -0.4 is 14.8 Å². The molecular weight excluding hydrogens is 230 g/mol. The number of hydrogen-bond donors (Lipinski definition) is 2. The van der Waals surface area contributed by atoms with E-state index in [1.165, 1.54) is 0 Å². The Bertz CT molecular complexity index is 400. The van der Waals surface area contributed by atoms with E-state index < -0.39 is 6.10 Å². The molecule has 18 heavy (non-hydrogen) atoms. The maximum absolute atomic E-state index is 10.1. The van der Waals surface area contributed by atoms with E-state index in [1.54, 1.807) is 0 Å². The van der Waals surface area contributed by atoms with Crippen LogP contribution in [0.4, 0.5) is 0 Å². The lowest BCUT2D eigenvalue weighted by atomic mass is 10.1. The van der Waals surface area contributed by atoms with E-state index in [-0.39, 0.29) is 11.6 Å². The molecule has 1 aromatic carbocycles. The summed E-state index contributed by atoms with van der Waals surface area (Å²) in [4.78, 5) is 0. The lowest BCUT2D eigenvalue weighted by molar-refractivity contribution is -0.0113. The molecule has 0 saturated heterocycles. The van der Waals surface area contributed by atoms with Gasteiger partial charge in [-0.3, -0.25) is 0 Å². The molecule has 0 spiro atoms. The van der Waals surface area contributed by atoms with Crippen molar-refractivity contribution in [1.29, 1.82) is 0 Å². The number of aliphatic hydroxyl groups excluding tert-OH is 1. The molecule has 4 nitrogen and oxygen atoms in total. The smallest absolute Gasteiger partial charge is 0.161 e. The van der Waals surface area contributed by atoms with Gasteiger partial charge in [-0.05, 0) is 32.9 Å². The van der Waals surface area contributed by atoms with Gasteiger partial charge in [-0.25, -0.2) is 0 Å². The van der Waals surface area contributed by atoms with Crippen molar-refractivity contribution in [3.05, 3.63) is 24.3 Å². The first-order chi connectivity index (χ1) is 8.46. The number of nitrogens with one attached hydrogen (secondary N) is 1. The lowest BCUT2D eigenvalue weighted by Gasteiger charge is -2.31. The van der Waals surface area contributed by atoms with Crippen molar-refractivity contribution < 1.29 is 14.6 Å². The molecule has 2 atom stereocenters. The van der Waals surface area contributed by atoms with E-state index in [2.05, 4.69) is 26.1 Å². The third-order valence-corrected chi connectivity index (χ3v) is 2.80. The molecule has 1 aliphatic heterocycles. The molecule has 0 bridgehead atoms. The Balaban J connectivity index is 1.92. The number of para-hydroxylation sites is 2. The average molecular weight is 251 g/mol. The number of rotatable bonds is 3. The minimum Gasteiger partial charge on any atom is -0.486 e. The molecule has 0 amide bonds. The average Bonchev–Trinajstić information content (AvgIpc) is 2.34. The molecule has 4 heteroatoms. The van der Waals surface area contributed by atoms with Gasteiger partial charge >= 0.3 is 0 Å². The number of fused-ring (bicyclic) bond motifs is 1. The van der Waals surface area contributed by atoms with Crippen LogP contribution in [0.3, 0.4) is 0 Å². The molecule has 1 aliphatic rings. The first-order valence-corrected chi connectivity index (χ1v) is 6.27. The second kappa shape index (κ2) is 5.16. The maximum atomic E-state index is 10.1. The third kappa shape index (κ3) is 3.37. The van der Waals surface area contributed by atoms with Crippen molar-refractivity contribution in [3.63, 3.8) is 0 Å². The van der Waals surface area contributed by atoms with Gasteiger partial charge in [0.25, 0.3) is 0 Å². The predicted molar refractivity (Wildman–Crippen MR) is 70.1 cm³/mol. The molecule has 2 rings (SSSR count). The van der Waals surface area contributed by atoms with Crippen LogP contribution in [0.2, 0.25) is 0 Å². The summed E-state index contributed by atoms with van der Waals surface area (Å²) in [6.45, 7) is 7.05. The summed E-state index contributed by atoms with van der Waals surface area (Å²) in [6, 6.07) is 7.52. The van der Waals surface area contributed by atoms with Crippen LogP contribution >= 0.6 is 0 Å². The Morgan fingerprint density at radius 2 is 2.00 bits per heavy atom. The topological polar surface area (TPSA) is 50.7 Å². The van der Waals surface area contributed by atoms with Gasteiger partial charge in [-0.15, -0.1) is 0 Å². The molecular formula is C14H21NO3. The number of β-amino-alcohol motifs (C(OH)–C–C–N with tert-alkyl or cyclic N) is 1. The molecule has 1 aromatic rings. The van der Waals surface area contributed by atoms with Gasteiger partial charge in [0.05, 0.1) is 0 Å². The van der Waals surface area contributed by atoms with Crippen LogP contribution in [0.25, 0.3) is 0 Å². The Morgan fingerprint density at radius 1 is 1.33 bits per heavy atom. The van der Waals surface area contributed by atoms with Gasteiger partial charge in [-0.1, -0.05) is 12.1 Å².